The third-order valence-electron chi connectivity index (χ3n) is 4.42. The van der Waals surface area contributed by atoms with Crippen molar-refractivity contribution in [3.8, 4) is 5.69 Å². The van der Waals surface area contributed by atoms with E-state index in [2.05, 4.69) is 26.1 Å². The first-order chi connectivity index (χ1) is 13.6. The molecule has 0 aliphatic rings. The Morgan fingerprint density at radius 1 is 1.03 bits per heavy atom. The first kappa shape index (κ1) is 21.7. The Kier molecular flexibility index (Phi) is 6.57. The van der Waals surface area contributed by atoms with Gasteiger partial charge in [0.05, 0.1) is 40.1 Å². The molecule has 0 aliphatic heterocycles. The van der Waals surface area contributed by atoms with Crippen LogP contribution < -0.4 is 5.32 Å². The molecule has 0 radical (unpaired) electrons. The third-order valence-corrected chi connectivity index (χ3v) is 5.39. The van der Waals surface area contributed by atoms with Crippen LogP contribution in [0.5, 0.6) is 0 Å². The first-order valence-corrected chi connectivity index (χ1v) is 10.3. The minimum absolute atomic E-state index is 0.112. The van der Waals surface area contributed by atoms with Gasteiger partial charge >= 0.3 is 0 Å². The molecule has 3 rings (SSSR count). The van der Waals surface area contributed by atoms with Crippen molar-refractivity contribution in [2.24, 2.45) is 0 Å². The van der Waals surface area contributed by atoms with E-state index in [0.717, 1.165) is 22.6 Å². The highest BCUT2D eigenvalue weighted by atomic mass is 35.5. The Balaban J connectivity index is 1.79. The molecule has 0 unspecified atom stereocenters. The van der Waals surface area contributed by atoms with Gasteiger partial charge in [0.15, 0.2) is 0 Å². The molecule has 7 heteroatoms. The van der Waals surface area contributed by atoms with E-state index < -0.39 is 0 Å². The van der Waals surface area contributed by atoms with Gasteiger partial charge in [-0.3, -0.25) is 4.79 Å². The van der Waals surface area contributed by atoms with Gasteiger partial charge in [-0.2, -0.15) is 5.10 Å². The van der Waals surface area contributed by atoms with Crippen molar-refractivity contribution in [3.05, 3.63) is 80.6 Å². The molecule has 0 saturated carbocycles. The van der Waals surface area contributed by atoms with Crippen molar-refractivity contribution in [3.63, 3.8) is 0 Å². The minimum Gasteiger partial charge on any atom is -0.350 e. The highest BCUT2D eigenvalue weighted by Crippen LogP contribution is 2.25. The number of nitrogens with zero attached hydrogens (tertiary/aromatic N) is 2. The van der Waals surface area contributed by atoms with Gasteiger partial charge in [-0.1, -0.05) is 67.7 Å². The number of aromatic nitrogens is 2. The second kappa shape index (κ2) is 8.78. The van der Waals surface area contributed by atoms with Crippen LogP contribution in [0.25, 0.3) is 5.69 Å². The van der Waals surface area contributed by atoms with E-state index in [1.54, 1.807) is 18.2 Å². The maximum atomic E-state index is 12.4. The van der Waals surface area contributed by atoms with E-state index >= 15 is 0 Å². The van der Waals surface area contributed by atoms with Gasteiger partial charge in [-0.05, 0) is 42.0 Å². The van der Waals surface area contributed by atoms with Gasteiger partial charge in [0.2, 0.25) is 5.91 Å². The van der Waals surface area contributed by atoms with Gasteiger partial charge < -0.3 is 5.32 Å². The summed E-state index contributed by atoms with van der Waals surface area (Å²) in [5, 5.41) is 9.25. The van der Waals surface area contributed by atoms with Crippen molar-refractivity contribution in [1.82, 2.24) is 15.1 Å². The van der Waals surface area contributed by atoms with Crippen molar-refractivity contribution >= 4 is 40.7 Å². The molecule has 152 valence electrons. The monoisotopic (exact) mass is 449 g/mol. The number of hydrogen-bond acceptors (Lipinski definition) is 2. The van der Waals surface area contributed by atoms with Crippen LogP contribution in [0.3, 0.4) is 0 Å². The molecule has 0 bridgehead atoms. The predicted molar refractivity (Wildman–Crippen MR) is 119 cm³/mol. The summed E-state index contributed by atoms with van der Waals surface area (Å²) in [6.07, 6.45) is 0.217. The SMILES string of the molecule is CC(C)(C)c1cc(CNC(=O)Cc2ccc(Cl)c(Cl)c2)n(-c2cccc(Cl)c2)n1. The van der Waals surface area contributed by atoms with Gasteiger partial charge in [0.25, 0.3) is 0 Å². The van der Waals surface area contributed by atoms with E-state index in [4.69, 9.17) is 39.9 Å². The molecule has 0 saturated heterocycles. The van der Waals surface area contributed by atoms with Gasteiger partial charge in [0.1, 0.15) is 0 Å². The van der Waals surface area contributed by atoms with Crippen molar-refractivity contribution < 1.29 is 4.79 Å². The second-order valence-electron chi connectivity index (χ2n) is 7.86. The molecule has 2 aromatic carbocycles. The van der Waals surface area contributed by atoms with Crippen LogP contribution in [-0.2, 0) is 23.2 Å². The first-order valence-electron chi connectivity index (χ1n) is 9.19. The number of hydrogen-bond donors (Lipinski definition) is 1. The zero-order valence-electron chi connectivity index (χ0n) is 16.5. The summed E-state index contributed by atoms with van der Waals surface area (Å²) in [6.45, 7) is 6.65. The summed E-state index contributed by atoms with van der Waals surface area (Å²) in [6, 6.07) is 14.7. The fourth-order valence-electron chi connectivity index (χ4n) is 2.83. The molecule has 29 heavy (non-hydrogen) atoms. The van der Waals surface area contributed by atoms with Crippen molar-refractivity contribution in [2.75, 3.05) is 0 Å². The Hall–Kier alpha value is -2.01. The Morgan fingerprint density at radius 2 is 1.79 bits per heavy atom. The molecule has 0 aliphatic carbocycles. The molecule has 4 nitrogen and oxygen atoms in total. The molecule has 3 aromatic rings. The quantitative estimate of drug-likeness (QED) is 0.519. The van der Waals surface area contributed by atoms with E-state index in [9.17, 15) is 4.79 Å². The van der Waals surface area contributed by atoms with Crippen LogP contribution in [0.4, 0.5) is 0 Å². The van der Waals surface area contributed by atoms with E-state index in [1.807, 2.05) is 35.0 Å². The molecule has 0 fully saturated rings. The van der Waals surface area contributed by atoms with Gasteiger partial charge in [0, 0.05) is 10.4 Å². The summed E-state index contributed by atoms with van der Waals surface area (Å²) in [5.41, 5.74) is 3.34. The van der Waals surface area contributed by atoms with Crippen LogP contribution in [0.15, 0.2) is 48.5 Å². The van der Waals surface area contributed by atoms with E-state index in [1.165, 1.54) is 0 Å². The van der Waals surface area contributed by atoms with Crippen molar-refractivity contribution in [1.29, 1.82) is 0 Å². The fraction of sp³-hybridized carbons (Fsp3) is 0.273. The van der Waals surface area contributed by atoms with Crippen LogP contribution in [0.1, 0.15) is 37.7 Å². The lowest BCUT2D eigenvalue weighted by atomic mass is 9.92. The highest BCUT2D eigenvalue weighted by Gasteiger charge is 2.21. The van der Waals surface area contributed by atoms with Gasteiger partial charge in [-0.15, -0.1) is 0 Å². The standard InChI is InChI=1S/C22H22Cl3N3O/c1-22(2,3)20-12-17(28(27-20)16-6-4-5-15(23)11-16)13-26-21(29)10-14-7-8-18(24)19(25)9-14/h4-9,11-12H,10,13H2,1-3H3,(H,26,29). The molecular weight excluding hydrogens is 429 g/mol. The molecule has 1 amide bonds. The summed E-state index contributed by atoms with van der Waals surface area (Å²) in [4.78, 5) is 12.4. The topological polar surface area (TPSA) is 46.9 Å². The Morgan fingerprint density at radius 3 is 2.45 bits per heavy atom. The normalized spacial score (nSPS) is 11.5. The number of halogens is 3. The zero-order chi connectivity index (χ0) is 21.2. The molecule has 0 spiro atoms. The number of nitrogens with one attached hydrogen (secondary N) is 1. The Bertz CT molecular complexity index is 1040. The lowest BCUT2D eigenvalue weighted by Gasteiger charge is -2.14. The molecule has 1 N–H and O–H groups in total. The highest BCUT2D eigenvalue weighted by molar-refractivity contribution is 6.42. The minimum atomic E-state index is -0.122. The van der Waals surface area contributed by atoms with Crippen LogP contribution in [-0.4, -0.2) is 15.7 Å². The lowest BCUT2D eigenvalue weighted by Crippen LogP contribution is -2.25. The third kappa shape index (κ3) is 5.53. The number of amides is 1. The summed E-state index contributed by atoms with van der Waals surface area (Å²) < 4.78 is 1.83. The van der Waals surface area contributed by atoms with Crippen molar-refractivity contribution in [2.45, 2.75) is 39.2 Å². The maximum Gasteiger partial charge on any atom is 0.224 e. The molecule has 1 heterocycles. The number of rotatable bonds is 5. The second-order valence-corrected chi connectivity index (χ2v) is 9.12. The number of carbonyl (C=O) groups excluding carboxylic acids is 1. The van der Waals surface area contributed by atoms with E-state index in [0.29, 0.717) is 21.6 Å². The molecule has 0 atom stereocenters. The average Bonchev–Trinajstić information content (AvgIpc) is 3.08. The van der Waals surface area contributed by atoms with Crippen LogP contribution in [0.2, 0.25) is 15.1 Å². The summed E-state index contributed by atoms with van der Waals surface area (Å²) in [5.74, 6) is -0.112. The fourth-order valence-corrected chi connectivity index (χ4v) is 3.34. The van der Waals surface area contributed by atoms with Crippen LogP contribution >= 0.6 is 34.8 Å². The summed E-state index contributed by atoms with van der Waals surface area (Å²) >= 11 is 18.1. The summed E-state index contributed by atoms with van der Waals surface area (Å²) in [7, 11) is 0. The molecule has 1 aromatic heterocycles. The maximum absolute atomic E-state index is 12.4. The zero-order valence-corrected chi connectivity index (χ0v) is 18.7. The lowest BCUT2D eigenvalue weighted by molar-refractivity contribution is -0.120. The smallest absolute Gasteiger partial charge is 0.224 e. The largest absolute Gasteiger partial charge is 0.350 e. The van der Waals surface area contributed by atoms with Gasteiger partial charge in [-0.25, -0.2) is 4.68 Å². The van der Waals surface area contributed by atoms with Crippen LogP contribution in [0, 0.1) is 0 Å². The Labute approximate surface area is 185 Å². The molecular formula is C22H22Cl3N3O. The predicted octanol–water partition coefficient (Wildman–Crippen LogP) is 5.99. The average molecular weight is 451 g/mol. The van der Waals surface area contributed by atoms with E-state index in [-0.39, 0.29) is 17.7 Å². The number of benzene rings is 2. The number of carbonyl (C=O) groups is 1.